The van der Waals surface area contributed by atoms with Crippen LogP contribution in [0.15, 0.2) is 33.3 Å². The molecule has 1 N–H and O–H groups in total. The molecule has 0 saturated carbocycles. The fraction of sp³-hybridized carbons (Fsp3) is 0.429. The van der Waals surface area contributed by atoms with E-state index in [0.717, 1.165) is 22.5 Å². The third-order valence-electron chi connectivity index (χ3n) is 3.18. The van der Waals surface area contributed by atoms with Gasteiger partial charge in [-0.2, -0.15) is 4.31 Å². The van der Waals surface area contributed by atoms with Crippen LogP contribution in [0, 0.1) is 6.92 Å². The third-order valence-corrected chi connectivity index (χ3v) is 6.67. The van der Waals surface area contributed by atoms with Crippen LogP contribution < -0.4 is 5.32 Å². The number of rotatable bonds is 7. The van der Waals surface area contributed by atoms with Crippen molar-refractivity contribution in [3.63, 3.8) is 0 Å². The van der Waals surface area contributed by atoms with E-state index in [1.54, 1.807) is 31.7 Å². The highest BCUT2D eigenvalue weighted by Crippen LogP contribution is 2.28. The summed E-state index contributed by atoms with van der Waals surface area (Å²) in [5.41, 5.74) is 1.85. The van der Waals surface area contributed by atoms with Gasteiger partial charge in [-0.25, -0.2) is 8.42 Å². The van der Waals surface area contributed by atoms with E-state index < -0.39 is 10.0 Å². The minimum atomic E-state index is -3.46. The molecule has 0 fully saturated rings. The minimum Gasteiger partial charge on any atom is -0.472 e. The molecule has 0 aliphatic heterocycles. The van der Waals surface area contributed by atoms with Crippen molar-refractivity contribution in [2.75, 3.05) is 13.6 Å². The van der Waals surface area contributed by atoms with E-state index in [9.17, 15) is 8.42 Å². The van der Waals surface area contributed by atoms with Crippen LogP contribution in [-0.2, 0) is 23.1 Å². The number of aryl methyl sites for hydroxylation is 1. The lowest BCUT2D eigenvalue weighted by Crippen LogP contribution is -2.25. The standard InChI is InChI=1S/C14H20N2O3S2/c1-4-15-8-13-11(2)7-14(20-13)21(17,18)16(3)9-12-5-6-19-10-12/h5-7,10,15H,4,8-9H2,1-3H3. The Kier molecular flexibility index (Phi) is 5.21. The highest BCUT2D eigenvalue weighted by molar-refractivity contribution is 7.91. The molecule has 0 bridgehead atoms. The van der Waals surface area contributed by atoms with Crippen LogP contribution in [0.4, 0.5) is 0 Å². The first-order chi connectivity index (χ1) is 9.95. The van der Waals surface area contributed by atoms with Crippen molar-refractivity contribution in [3.05, 3.63) is 40.7 Å². The summed E-state index contributed by atoms with van der Waals surface area (Å²) >= 11 is 1.33. The Bertz CT molecular complexity index is 675. The molecule has 0 amide bonds. The molecular weight excluding hydrogens is 308 g/mol. The number of thiophene rings is 1. The maximum absolute atomic E-state index is 12.6. The van der Waals surface area contributed by atoms with Crippen molar-refractivity contribution >= 4 is 21.4 Å². The second-order valence-corrected chi connectivity index (χ2v) is 8.25. The van der Waals surface area contributed by atoms with E-state index >= 15 is 0 Å². The summed E-state index contributed by atoms with van der Waals surface area (Å²) in [5.74, 6) is 0. The highest BCUT2D eigenvalue weighted by Gasteiger charge is 2.24. The van der Waals surface area contributed by atoms with Gasteiger partial charge in [0.15, 0.2) is 0 Å². The Hall–Kier alpha value is -1.15. The van der Waals surface area contributed by atoms with Gasteiger partial charge in [-0.1, -0.05) is 6.92 Å². The lowest BCUT2D eigenvalue weighted by Gasteiger charge is -2.14. The second kappa shape index (κ2) is 6.74. The molecule has 0 aromatic carbocycles. The third kappa shape index (κ3) is 3.74. The lowest BCUT2D eigenvalue weighted by molar-refractivity contribution is 0.465. The maximum atomic E-state index is 12.6. The van der Waals surface area contributed by atoms with E-state index in [4.69, 9.17) is 4.42 Å². The van der Waals surface area contributed by atoms with E-state index in [2.05, 4.69) is 5.32 Å². The van der Waals surface area contributed by atoms with E-state index in [1.165, 1.54) is 15.6 Å². The molecule has 2 heterocycles. The average Bonchev–Trinajstić information content (AvgIpc) is 3.06. The van der Waals surface area contributed by atoms with Gasteiger partial charge in [0.2, 0.25) is 0 Å². The largest absolute Gasteiger partial charge is 0.472 e. The summed E-state index contributed by atoms with van der Waals surface area (Å²) in [6, 6.07) is 3.51. The normalized spacial score (nSPS) is 12.2. The molecule has 0 aliphatic rings. The number of furan rings is 1. The van der Waals surface area contributed by atoms with Crippen molar-refractivity contribution in [3.8, 4) is 0 Å². The zero-order valence-electron chi connectivity index (χ0n) is 12.4. The second-order valence-electron chi connectivity index (χ2n) is 4.84. The van der Waals surface area contributed by atoms with Gasteiger partial charge in [0.25, 0.3) is 10.0 Å². The van der Waals surface area contributed by atoms with Crippen LogP contribution in [0.3, 0.4) is 0 Å². The van der Waals surface area contributed by atoms with Crippen molar-refractivity contribution in [2.45, 2.75) is 31.1 Å². The average molecular weight is 328 g/mol. The Morgan fingerprint density at radius 3 is 2.81 bits per heavy atom. The molecule has 2 aromatic rings. The summed E-state index contributed by atoms with van der Waals surface area (Å²) < 4.78 is 31.9. The van der Waals surface area contributed by atoms with Crippen molar-refractivity contribution in [2.24, 2.45) is 0 Å². The molecule has 7 heteroatoms. The Morgan fingerprint density at radius 2 is 2.19 bits per heavy atom. The first-order valence-electron chi connectivity index (χ1n) is 6.72. The zero-order valence-corrected chi connectivity index (χ0v) is 14.1. The molecular formula is C14H20N2O3S2. The van der Waals surface area contributed by atoms with Gasteiger partial charge in [0, 0.05) is 30.6 Å². The van der Waals surface area contributed by atoms with Gasteiger partial charge in [-0.05, 0) is 31.2 Å². The fourth-order valence-electron chi connectivity index (χ4n) is 1.91. The van der Waals surface area contributed by atoms with E-state index in [-0.39, 0.29) is 0 Å². The number of nitrogens with zero attached hydrogens (tertiary/aromatic N) is 1. The number of hydrogen-bond donors (Lipinski definition) is 1. The molecule has 116 valence electrons. The Balaban J connectivity index is 2.18. The topological polar surface area (TPSA) is 62.6 Å². The molecule has 0 unspecified atom stereocenters. The van der Waals surface area contributed by atoms with Gasteiger partial charge in [-0.3, -0.25) is 0 Å². The van der Waals surface area contributed by atoms with Gasteiger partial charge in [-0.15, -0.1) is 11.3 Å². The van der Waals surface area contributed by atoms with E-state index in [1.807, 2.05) is 13.8 Å². The highest BCUT2D eigenvalue weighted by atomic mass is 32.2. The summed E-state index contributed by atoms with van der Waals surface area (Å²) in [5, 5.41) is 3.23. The fourth-order valence-corrected chi connectivity index (χ4v) is 4.84. The van der Waals surface area contributed by atoms with Crippen LogP contribution in [0.1, 0.15) is 22.9 Å². The minimum absolute atomic E-state index is 0.304. The predicted molar refractivity (Wildman–Crippen MR) is 83.8 cm³/mol. The first-order valence-corrected chi connectivity index (χ1v) is 8.98. The van der Waals surface area contributed by atoms with Crippen molar-refractivity contribution in [1.82, 2.24) is 9.62 Å². The van der Waals surface area contributed by atoms with Crippen molar-refractivity contribution < 1.29 is 12.8 Å². The first kappa shape index (κ1) is 16.2. The Morgan fingerprint density at radius 1 is 1.43 bits per heavy atom. The van der Waals surface area contributed by atoms with Gasteiger partial charge in [0.05, 0.1) is 12.5 Å². The van der Waals surface area contributed by atoms with Gasteiger partial charge >= 0.3 is 0 Å². The van der Waals surface area contributed by atoms with Gasteiger partial charge < -0.3 is 9.73 Å². The molecule has 0 aliphatic carbocycles. The zero-order chi connectivity index (χ0) is 15.5. The number of nitrogens with one attached hydrogen (secondary N) is 1. The summed E-state index contributed by atoms with van der Waals surface area (Å²) in [6.07, 6.45) is 3.10. The van der Waals surface area contributed by atoms with Crippen LogP contribution in [0.2, 0.25) is 0 Å². The van der Waals surface area contributed by atoms with Gasteiger partial charge in [0.1, 0.15) is 4.21 Å². The molecule has 2 aromatic heterocycles. The molecule has 21 heavy (non-hydrogen) atoms. The Labute approximate surface area is 129 Å². The monoisotopic (exact) mass is 328 g/mol. The van der Waals surface area contributed by atoms with Crippen molar-refractivity contribution in [1.29, 1.82) is 0 Å². The maximum Gasteiger partial charge on any atom is 0.252 e. The quantitative estimate of drug-likeness (QED) is 0.848. The summed E-state index contributed by atoms with van der Waals surface area (Å²) in [7, 11) is -1.87. The molecule has 0 saturated heterocycles. The molecule has 0 atom stereocenters. The number of sulfonamides is 1. The SMILES string of the molecule is CCNCc1sc(S(=O)(=O)N(C)Cc2ccoc2)cc1C. The molecule has 5 nitrogen and oxygen atoms in total. The molecule has 0 radical (unpaired) electrons. The molecule has 2 rings (SSSR count). The number of hydrogen-bond acceptors (Lipinski definition) is 5. The van der Waals surface area contributed by atoms with E-state index in [0.29, 0.717) is 17.3 Å². The smallest absolute Gasteiger partial charge is 0.252 e. The molecule has 0 spiro atoms. The van der Waals surface area contributed by atoms with Crippen LogP contribution in [0.5, 0.6) is 0 Å². The lowest BCUT2D eigenvalue weighted by atomic mass is 10.3. The van der Waals surface area contributed by atoms with Crippen LogP contribution >= 0.6 is 11.3 Å². The predicted octanol–water partition coefficient (Wildman–Crippen LogP) is 2.58. The summed E-state index contributed by atoms with van der Waals surface area (Å²) in [6.45, 7) is 5.84. The summed E-state index contributed by atoms with van der Waals surface area (Å²) in [4.78, 5) is 1.06. The van der Waals surface area contributed by atoms with Crippen LogP contribution in [0.25, 0.3) is 0 Å². The van der Waals surface area contributed by atoms with Crippen LogP contribution in [-0.4, -0.2) is 26.3 Å².